The van der Waals surface area contributed by atoms with Crippen LogP contribution in [0.15, 0.2) is 41.1 Å². The second kappa shape index (κ2) is 8.03. The molecule has 3 heterocycles. The topological polar surface area (TPSA) is 78.7 Å². The van der Waals surface area contributed by atoms with Gasteiger partial charge in [0.25, 0.3) is 5.91 Å². The number of carbonyl (C=O) groups is 2. The highest BCUT2D eigenvalue weighted by molar-refractivity contribution is 6.00. The zero-order valence-electron chi connectivity index (χ0n) is 15.1. The van der Waals surface area contributed by atoms with Gasteiger partial charge in [-0.3, -0.25) is 9.59 Å². The van der Waals surface area contributed by atoms with Crippen molar-refractivity contribution in [3.63, 3.8) is 0 Å². The van der Waals surface area contributed by atoms with Gasteiger partial charge in [-0.1, -0.05) is 0 Å². The minimum Gasteiger partial charge on any atom is -0.459 e. The van der Waals surface area contributed by atoms with E-state index in [0.717, 1.165) is 25.3 Å². The Morgan fingerprint density at radius 1 is 1.31 bits per heavy atom. The highest BCUT2D eigenvalue weighted by Gasteiger charge is 2.35. The summed E-state index contributed by atoms with van der Waals surface area (Å²) in [5.74, 6) is 0.695. The van der Waals surface area contributed by atoms with Gasteiger partial charge < -0.3 is 19.5 Å². The molecule has 2 amide bonds. The smallest absolute Gasteiger partial charge is 0.290 e. The van der Waals surface area contributed by atoms with Crippen molar-refractivity contribution < 1.29 is 14.0 Å². The lowest BCUT2D eigenvalue weighted by Gasteiger charge is -2.23. The first-order chi connectivity index (χ1) is 12.6. The van der Waals surface area contributed by atoms with Crippen LogP contribution in [0.25, 0.3) is 0 Å². The maximum absolute atomic E-state index is 12.7. The lowest BCUT2D eigenvalue weighted by Crippen LogP contribution is -2.43. The molecule has 1 atom stereocenters. The van der Waals surface area contributed by atoms with Crippen LogP contribution in [0.5, 0.6) is 0 Å². The molecule has 0 radical (unpaired) electrons. The molecule has 1 fully saturated rings. The zero-order valence-corrected chi connectivity index (χ0v) is 15.1. The Balaban J connectivity index is 1.66. The van der Waals surface area contributed by atoms with Gasteiger partial charge in [-0.25, -0.2) is 4.98 Å². The molecule has 0 saturated carbocycles. The van der Waals surface area contributed by atoms with Crippen molar-refractivity contribution in [2.75, 3.05) is 29.9 Å². The van der Waals surface area contributed by atoms with Gasteiger partial charge in [0.2, 0.25) is 5.91 Å². The summed E-state index contributed by atoms with van der Waals surface area (Å²) in [4.78, 5) is 33.3. The molecule has 0 bridgehead atoms. The van der Waals surface area contributed by atoms with Gasteiger partial charge in [-0.05, 0) is 51.0 Å². The Kier molecular flexibility index (Phi) is 5.55. The summed E-state index contributed by atoms with van der Waals surface area (Å²) >= 11 is 0. The Hall–Kier alpha value is -2.83. The van der Waals surface area contributed by atoms with E-state index in [1.807, 2.05) is 12.1 Å². The number of furan rings is 1. The molecule has 3 rings (SSSR count). The molecule has 1 aliphatic heterocycles. The maximum Gasteiger partial charge on any atom is 0.290 e. The first-order valence-corrected chi connectivity index (χ1v) is 9.00. The Bertz CT molecular complexity index is 739. The van der Waals surface area contributed by atoms with E-state index in [1.165, 1.54) is 6.26 Å². The lowest BCUT2D eigenvalue weighted by molar-refractivity contribution is -0.119. The minimum absolute atomic E-state index is 0.195. The third kappa shape index (κ3) is 3.71. The molecule has 1 saturated heterocycles. The first kappa shape index (κ1) is 18.0. The summed E-state index contributed by atoms with van der Waals surface area (Å²) in [6, 6.07) is 6.53. The summed E-state index contributed by atoms with van der Waals surface area (Å²) < 4.78 is 5.17. The molecular formula is C19H24N4O3. The Morgan fingerprint density at radius 3 is 2.73 bits per heavy atom. The highest BCUT2D eigenvalue weighted by Crippen LogP contribution is 2.22. The number of hydrogen-bond acceptors (Lipinski definition) is 5. The van der Waals surface area contributed by atoms with Crippen LogP contribution >= 0.6 is 0 Å². The standard InChI is InChI=1S/C19H24N4O3/c1-3-22(4-2)17-10-9-14(13-20-17)21-18(24)15-7-5-11-23(15)19(25)16-8-6-12-26-16/h6,8-10,12-13,15H,3-5,7,11H2,1-2H3,(H,21,24)/t15-/m0/s1. The van der Waals surface area contributed by atoms with Crippen molar-refractivity contribution in [3.05, 3.63) is 42.5 Å². The molecule has 0 aromatic carbocycles. The van der Waals surface area contributed by atoms with Crippen molar-refractivity contribution in [1.29, 1.82) is 0 Å². The van der Waals surface area contributed by atoms with Crippen molar-refractivity contribution in [1.82, 2.24) is 9.88 Å². The fourth-order valence-electron chi connectivity index (χ4n) is 3.24. The monoisotopic (exact) mass is 356 g/mol. The van der Waals surface area contributed by atoms with E-state index >= 15 is 0 Å². The van der Waals surface area contributed by atoms with Crippen LogP contribution in [-0.4, -0.2) is 47.4 Å². The molecule has 1 aliphatic rings. The molecule has 0 aliphatic carbocycles. The van der Waals surface area contributed by atoms with Gasteiger partial charge in [0.05, 0.1) is 18.1 Å². The number of nitrogens with zero attached hydrogens (tertiary/aromatic N) is 3. The van der Waals surface area contributed by atoms with Crippen LogP contribution in [0.4, 0.5) is 11.5 Å². The summed E-state index contributed by atoms with van der Waals surface area (Å²) in [7, 11) is 0. The van der Waals surface area contributed by atoms with E-state index in [9.17, 15) is 9.59 Å². The van der Waals surface area contributed by atoms with Gasteiger partial charge in [-0.2, -0.15) is 0 Å². The van der Waals surface area contributed by atoms with Gasteiger partial charge in [0, 0.05) is 19.6 Å². The summed E-state index contributed by atoms with van der Waals surface area (Å²) in [6.45, 7) is 6.45. The second-order valence-electron chi connectivity index (χ2n) is 6.20. The molecule has 0 unspecified atom stereocenters. The van der Waals surface area contributed by atoms with Crippen LogP contribution in [0.3, 0.4) is 0 Å². The maximum atomic E-state index is 12.7. The number of hydrogen-bond donors (Lipinski definition) is 1. The molecule has 7 nitrogen and oxygen atoms in total. The predicted octanol–water partition coefficient (Wildman–Crippen LogP) is 2.76. The number of likely N-dealkylation sites (tertiary alicyclic amines) is 1. The lowest BCUT2D eigenvalue weighted by atomic mass is 10.2. The summed E-state index contributed by atoms with van der Waals surface area (Å²) in [6.07, 6.45) is 4.55. The zero-order chi connectivity index (χ0) is 18.5. The van der Waals surface area contributed by atoms with E-state index < -0.39 is 6.04 Å². The van der Waals surface area contributed by atoms with Gasteiger partial charge in [0.15, 0.2) is 5.76 Å². The number of rotatable bonds is 6. The quantitative estimate of drug-likeness (QED) is 0.861. The van der Waals surface area contributed by atoms with Gasteiger partial charge in [0.1, 0.15) is 11.9 Å². The van der Waals surface area contributed by atoms with Crippen LogP contribution in [0.1, 0.15) is 37.2 Å². The predicted molar refractivity (Wildman–Crippen MR) is 99.2 cm³/mol. The number of anilines is 2. The molecule has 1 N–H and O–H groups in total. The highest BCUT2D eigenvalue weighted by atomic mass is 16.3. The van der Waals surface area contributed by atoms with E-state index in [-0.39, 0.29) is 17.6 Å². The van der Waals surface area contributed by atoms with Crippen molar-refractivity contribution in [2.45, 2.75) is 32.7 Å². The van der Waals surface area contributed by atoms with Crippen molar-refractivity contribution in [3.8, 4) is 0 Å². The molecular weight excluding hydrogens is 332 g/mol. The normalized spacial score (nSPS) is 16.5. The number of nitrogens with one attached hydrogen (secondary N) is 1. The van der Waals surface area contributed by atoms with Gasteiger partial charge >= 0.3 is 0 Å². The molecule has 7 heteroatoms. The largest absolute Gasteiger partial charge is 0.459 e. The second-order valence-corrected chi connectivity index (χ2v) is 6.20. The van der Waals surface area contributed by atoms with E-state index in [4.69, 9.17) is 4.42 Å². The van der Waals surface area contributed by atoms with Crippen LogP contribution in [-0.2, 0) is 4.79 Å². The number of aromatic nitrogens is 1. The van der Waals surface area contributed by atoms with E-state index in [1.54, 1.807) is 23.2 Å². The summed E-state index contributed by atoms with van der Waals surface area (Å²) in [5, 5.41) is 2.87. The van der Waals surface area contributed by atoms with Crippen molar-refractivity contribution in [2.24, 2.45) is 0 Å². The van der Waals surface area contributed by atoms with Crippen LogP contribution < -0.4 is 10.2 Å². The molecule has 138 valence electrons. The molecule has 26 heavy (non-hydrogen) atoms. The molecule has 2 aromatic rings. The Labute approximate surface area is 153 Å². The Morgan fingerprint density at radius 2 is 2.12 bits per heavy atom. The summed E-state index contributed by atoms with van der Waals surface area (Å²) in [5.41, 5.74) is 0.628. The van der Waals surface area contributed by atoms with E-state index in [2.05, 4.69) is 29.0 Å². The molecule has 2 aromatic heterocycles. The molecule has 0 spiro atoms. The first-order valence-electron chi connectivity index (χ1n) is 9.00. The average Bonchev–Trinajstić information content (AvgIpc) is 3.35. The van der Waals surface area contributed by atoms with E-state index in [0.29, 0.717) is 18.7 Å². The average molecular weight is 356 g/mol. The SMILES string of the molecule is CCN(CC)c1ccc(NC(=O)[C@@H]2CCCN2C(=O)c2ccco2)cn1. The minimum atomic E-state index is -0.491. The fraction of sp³-hybridized carbons (Fsp3) is 0.421. The number of pyridine rings is 1. The van der Waals surface area contributed by atoms with Crippen LogP contribution in [0.2, 0.25) is 0 Å². The van der Waals surface area contributed by atoms with Gasteiger partial charge in [-0.15, -0.1) is 0 Å². The fourth-order valence-corrected chi connectivity index (χ4v) is 3.24. The number of carbonyl (C=O) groups excluding carboxylic acids is 2. The third-order valence-electron chi connectivity index (χ3n) is 4.65. The number of amides is 2. The van der Waals surface area contributed by atoms with Crippen molar-refractivity contribution >= 4 is 23.3 Å². The third-order valence-corrected chi connectivity index (χ3v) is 4.65. The van der Waals surface area contributed by atoms with Crippen LogP contribution in [0, 0.1) is 0 Å².